The summed E-state index contributed by atoms with van der Waals surface area (Å²) in [7, 11) is 3.06. The van der Waals surface area contributed by atoms with Crippen LogP contribution in [-0.4, -0.2) is 39.2 Å². The Morgan fingerprint density at radius 2 is 1.93 bits per heavy atom. The molecule has 0 aromatic heterocycles. The first-order valence-electron chi connectivity index (χ1n) is 8.68. The number of nitrogens with one attached hydrogen (secondary N) is 1. The summed E-state index contributed by atoms with van der Waals surface area (Å²) < 4.78 is 15.9. The standard InChI is InChI=1S/C20H22N2O5/c1-4-9-22-15-7-6-14(11-17(15)27-12-19(22)23)21-20(24)13-5-8-16(25-2)18(10-13)26-3/h5-8,10-11H,4,9,12H2,1-3H3,(H,21,24). The van der Waals surface area contributed by atoms with Crippen LogP contribution in [-0.2, 0) is 4.79 Å². The Morgan fingerprint density at radius 1 is 1.15 bits per heavy atom. The predicted octanol–water partition coefficient (Wildman–Crippen LogP) is 3.09. The zero-order chi connectivity index (χ0) is 19.4. The van der Waals surface area contributed by atoms with E-state index in [1.165, 1.54) is 14.2 Å². The SMILES string of the molecule is CCCN1C(=O)COc2cc(NC(=O)c3ccc(OC)c(OC)c3)ccc21. The van der Waals surface area contributed by atoms with Gasteiger partial charge in [0.15, 0.2) is 18.1 Å². The third-order valence-electron chi connectivity index (χ3n) is 4.25. The normalized spacial score (nSPS) is 12.9. The first-order chi connectivity index (χ1) is 13.1. The van der Waals surface area contributed by atoms with Crippen molar-refractivity contribution in [3.05, 3.63) is 42.0 Å². The number of rotatable bonds is 6. The summed E-state index contributed by atoms with van der Waals surface area (Å²) in [6.45, 7) is 2.65. The van der Waals surface area contributed by atoms with Gasteiger partial charge in [0.25, 0.3) is 11.8 Å². The van der Waals surface area contributed by atoms with Crippen LogP contribution in [0.4, 0.5) is 11.4 Å². The van der Waals surface area contributed by atoms with E-state index in [0.717, 1.165) is 12.1 Å². The molecule has 0 atom stereocenters. The first kappa shape index (κ1) is 18.6. The number of benzene rings is 2. The molecule has 1 aliphatic heterocycles. The third-order valence-corrected chi connectivity index (χ3v) is 4.25. The molecule has 1 heterocycles. The average molecular weight is 370 g/mol. The number of anilines is 2. The van der Waals surface area contributed by atoms with E-state index in [-0.39, 0.29) is 18.4 Å². The molecule has 0 aliphatic carbocycles. The molecule has 0 saturated carbocycles. The van der Waals surface area contributed by atoms with Gasteiger partial charge in [0.1, 0.15) is 5.75 Å². The zero-order valence-electron chi connectivity index (χ0n) is 15.6. The minimum Gasteiger partial charge on any atom is -0.493 e. The molecule has 0 spiro atoms. The molecular formula is C20H22N2O5. The van der Waals surface area contributed by atoms with Crippen LogP contribution in [0.3, 0.4) is 0 Å². The molecule has 7 heteroatoms. The highest BCUT2D eigenvalue weighted by atomic mass is 16.5. The maximum Gasteiger partial charge on any atom is 0.265 e. The molecule has 0 unspecified atom stereocenters. The molecule has 0 radical (unpaired) electrons. The van der Waals surface area contributed by atoms with E-state index in [1.54, 1.807) is 41.3 Å². The Labute approximate surface area is 157 Å². The van der Waals surface area contributed by atoms with Crippen molar-refractivity contribution in [3.63, 3.8) is 0 Å². The van der Waals surface area contributed by atoms with Gasteiger partial charge in [-0.2, -0.15) is 0 Å². The highest BCUT2D eigenvalue weighted by Crippen LogP contribution is 2.35. The fourth-order valence-corrected chi connectivity index (χ4v) is 2.93. The monoisotopic (exact) mass is 370 g/mol. The Bertz CT molecular complexity index is 865. The smallest absolute Gasteiger partial charge is 0.265 e. The second-order valence-corrected chi connectivity index (χ2v) is 6.04. The van der Waals surface area contributed by atoms with E-state index in [2.05, 4.69) is 5.32 Å². The maximum absolute atomic E-state index is 12.6. The van der Waals surface area contributed by atoms with Crippen molar-refractivity contribution in [3.8, 4) is 17.2 Å². The third kappa shape index (κ3) is 3.81. The lowest BCUT2D eigenvalue weighted by Gasteiger charge is -2.29. The maximum atomic E-state index is 12.6. The molecule has 2 amide bonds. The number of hydrogen-bond acceptors (Lipinski definition) is 5. The second kappa shape index (κ2) is 7.99. The summed E-state index contributed by atoms with van der Waals surface area (Å²) in [5, 5.41) is 2.84. The highest BCUT2D eigenvalue weighted by molar-refractivity contribution is 6.05. The number of carbonyl (C=O) groups excluding carboxylic acids is 2. The van der Waals surface area contributed by atoms with E-state index in [9.17, 15) is 9.59 Å². The van der Waals surface area contributed by atoms with E-state index in [4.69, 9.17) is 14.2 Å². The Kier molecular flexibility index (Phi) is 5.49. The molecule has 1 N–H and O–H groups in total. The van der Waals surface area contributed by atoms with Crippen molar-refractivity contribution in [2.45, 2.75) is 13.3 Å². The quantitative estimate of drug-likeness (QED) is 0.846. The fraction of sp³-hybridized carbons (Fsp3) is 0.300. The van der Waals surface area contributed by atoms with Crippen molar-refractivity contribution in [1.29, 1.82) is 0 Å². The molecule has 2 aromatic rings. The number of amides is 2. The van der Waals surface area contributed by atoms with Crippen LogP contribution in [0.25, 0.3) is 0 Å². The van der Waals surface area contributed by atoms with Gasteiger partial charge < -0.3 is 24.4 Å². The number of fused-ring (bicyclic) bond motifs is 1. The van der Waals surface area contributed by atoms with Crippen LogP contribution in [0, 0.1) is 0 Å². The topological polar surface area (TPSA) is 77.1 Å². The molecule has 0 fully saturated rings. The van der Waals surface area contributed by atoms with E-state index < -0.39 is 0 Å². The molecule has 7 nitrogen and oxygen atoms in total. The summed E-state index contributed by atoms with van der Waals surface area (Å²) in [6, 6.07) is 10.2. The minimum absolute atomic E-state index is 0.0000779. The number of hydrogen-bond donors (Lipinski definition) is 1. The Balaban J connectivity index is 1.80. The van der Waals surface area contributed by atoms with Gasteiger partial charge in [0.2, 0.25) is 0 Å². The number of nitrogens with zero attached hydrogens (tertiary/aromatic N) is 1. The average Bonchev–Trinajstić information content (AvgIpc) is 2.69. The number of ether oxygens (including phenoxy) is 3. The summed E-state index contributed by atoms with van der Waals surface area (Å²) in [6.07, 6.45) is 0.850. The zero-order valence-corrected chi connectivity index (χ0v) is 15.6. The summed E-state index contributed by atoms with van der Waals surface area (Å²) in [5.74, 6) is 1.26. The summed E-state index contributed by atoms with van der Waals surface area (Å²) >= 11 is 0. The van der Waals surface area contributed by atoms with Gasteiger partial charge in [-0.25, -0.2) is 0 Å². The van der Waals surface area contributed by atoms with Crippen LogP contribution in [0.2, 0.25) is 0 Å². The first-order valence-corrected chi connectivity index (χ1v) is 8.68. The largest absolute Gasteiger partial charge is 0.493 e. The van der Waals surface area contributed by atoms with Crippen LogP contribution < -0.4 is 24.4 Å². The molecule has 2 aromatic carbocycles. The molecule has 0 saturated heterocycles. The lowest BCUT2D eigenvalue weighted by molar-refractivity contribution is -0.121. The van der Waals surface area contributed by atoms with Gasteiger partial charge >= 0.3 is 0 Å². The highest BCUT2D eigenvalue weighted by Gasteiger charge is 2.25. The van der Waals surface area contributed by atoms with Crippen molar-refractivity contribution in [2.24, 2.45) is 0 Å². The van der Waals surface area contributed by atoms with Gasteiger partial charge in [0, 0.05) is 23.9 Å². The molecule has 3 rings (SSSR count). The predicted molar refractivity (Wildman–Crippen MR) is 102 cm³/mol. The molecule has 1 aliphatic rings. The Morgan fingerprint density at radius 3 is 2.63 bits per heavy atom. The minimum atomic E-state index is -0.284. The van der Waals surface area contributed by atoms with E-state index in [1.807, 2.05) is 6.92 Å². The van der Waals surface area contributed by atoms with Gasteiger partial charge in [0.05, 0.1) is 19.9 Å². The van der Waals surface area contributed by atoms with Crippen LogP contribution >= 0.6 is 0 Å². The van der Waals surface area contributed by atoms with Gasteiger partial charge in [-0.15, -0.1) is 0 Å². The molecule has 142 valence electrons. The van der Waals surface area contributed by atoms with Crippen LogP contribution in [0.1, 0.15) is 23.7 Å². The van der Waals surface area contributed by atoms with Crippen molar-refractivity contribution in [1.82, 2.24) is 0 Å². The van der Waals surface area contributed by atoms with Gasteiger partial charge in [-0.05, 0) is 36.8 Å². The van der Waals surface area contributed by atoms with Gasteiger partial charge in [-0.3, -0.25) is 9.59 Å². The molecular weight excluding hydrogens is 348 g/mol. The number of carbonyl (C=O) groups is 2. The summed E-state index contributed by atoms with van der Waals surface area (Å²) in [4.78, 5) is 26.3. The van der Waals surface area contributed by atoms with Crippen molar-refractivity contribution < 1.29 is 23.8 Å². The lowest BCUT2D eigenvalue weighted by atomic mass is 10.1. The Hall–Kier alpha value is -3.22. The fourth-order valence-electron chi connectivity index (χ4n) is 2.93. The second-order valence-electron chi connectivity index (χ2n) is 6.04. The van der Waals surface area contributed by atoms with Crippen LogP contribution in [0.15, 0.2) is 36.4 Å². The number of methoxy groups -OCH3 is 2. The molecule has 27 heavy (non-hydrogen) atoms. The lowest BCUT2D eigenvalue weighted by Crippen LogP contribution is -2.39. The van der Waals surface area contributed by atoms with Crippen molar-refractivity contribution >= 4 is 23.2 Å². The van der Waals surface area contributed by atoms with E-state index >= 15 is 0 Å². The van der Waals surface area contributed by atoms with Crippen LogP contribution in [0.5, 0.6) is 17.2 Å². The summed E-state index contributed by atoms with van der Waals surface area (Å²) in [5.41, 5.74) is 1.74. The van der Waals surface area contributed by atoms with Gasteiger partial charge in [-0.1, -0.05) is 6.92 Å². The van der Waals surface area contributed by atoms with E-state index in [0.29, 0.717) is 35.0 Å². The molecule has 0 bridgehead atoms. The van der Waals surface area contributed by atoms with Crippen molar-refractivity contribution in [2.75, 3.05) is 37.6 Å².